The first-order valence-electron chi connectivity index (χ1n) is 36.4. The zero-order chi connectivity index (χ0) is 78.1. The lowest BCUT2D eigenvalue weighted by atomic mass is 10.2. The summed E-state index contributed by atoms with van der Waals surface area (Å²) < 4.78 is 5.04. The fourth-order valence-corrected chi connectivity index (χ4v) is 10.7. The third-order valence-electron chi connectivity index (χ3n) is 16.3. The number of hydrogen-bond donors (Lipinski definition) is 0. The quantitative estimate of drug-likeness (QED) is 0.140. The maximum absolute atomic E-state index is 5.04. The van der Waals surface area contributed by atoms with Gasteiger partial charge in [0.15, 0.2) is 0 Å². The van der Waals surface area contributed by atoms with Crippen LogP contribution in [0, 0.1) is 78.0 Å². The molecular weight excluding hydrogens is 1420 g/mol. The van der Waals surface area contributed by atoms with Gasteiger partial charge in [0.05, 0.1) is 42.8 Å². The van der Waals surface area contributed by atoms with Gasteiger partial charge in [-0.25, -0.2) is 64.8 Å². The number of pyridine rings is 7. The summed E-state index contributed by atoms with van der Waals surface area (Å²) in [5.41, 5.74) is 10.4. The fraction of sp³-hybridized carbons (Fsp3) is 0.157. The van der Waals surface area contributed by atoms with Gasteiger partial charge in [0, 0.05) is 190 Å². The van der Waals surface area contributed by atoms with Crippen LogP contribution < -0.4 is 19.4 Å². The van der Waals surface area contributed by atoms with Crippen molar-refractivity contribution in [2.24, 2.45) is 0 Å². The molecule has 0 saturated carbocycles. The molecule has 0 atom stereocenters. The van der Waals surface area contributed by atoms with Crippen LogP contribution in [0.4, 0.5) is 17.5 Å². The molecule has 14 aromatic heterocycles. The molecule has 3 saturated heterocycles. The number of aromatic nitrogens is 21. The van der Waals surface area contributed by atoms with Crippen molar-refractivity contribution in [2.75, 3.05) is 61.1 Å². The number of ether oxygens (including phenoxy) is 1. The van der Waals surface area contributed by atoms with E-state index in [2.05, 4.69) is 191 Å². The van der Waals surface area contributed by atoms with Gasteiger partial charge >= 0.3 is 0 Å². The van der Waals surface area contributed by atoms with Crippen LogP contribution in [0.5, 0.6) is 5.88 Å². The SMILES string of the molecule is C(#Cc1cnccn1)c1ccc(N2CCCC2)nc1.C(#Cc1ncccn1)c1ccc(N2CCCC2)nc1.C(#Cc1ncccn1)c1cccc(-c2cccnc2)n1.C(#Cc1ncccn1)c1cncc(-c2cccnc2)n1.COc1ccnc(C#Cc2ccc(N3CCCC3)nc2)n1.Cc1ccc(C#Cc2cccnc2)nn1. The molecule has 3 aliphatic rings. The maximum atomic E-state index is 5.04. The Labute approximate surface area is 661 Å². The highest BCUT2D eigenvalue weighted by molar-refractivity contribution is 5.59. The van der Waals surface area contributed by atoms with Crippen molar-refractivity contribution in [1.82, 2.24) is 105 Å². The van der Waals surface area contributed by atoms with Crippen molar-refractivity contribution < 1.29 is 4.74 Å². The van der Waals surface area contributed by atoms with Gasteiger partial charge < -0.3 is 19.4 Å². The van der Waals surface area contributed by atoms with E-state index in [0.29, 0.717) is 52.0 Å². The van der Waals surface area contributed by atoms with E-state index in [1.165, 1.54) is 38.5 Å². The molecule has 0 bridgehead atoms. The molecule has 0 N–H and O–H groups in total. The van der Waals surface area contributed by atoms with E-state index >= 15 is 0 Å². The molecule has 17 rings (SSSR count). The number of aryl methyl sites for hydroxylation is 1. The summed E-state index contributed by atoms with van der Waals surface area (Å²) in [6, 6.07) is 39.9. The van der Waals surface area contributed by atoms with E-state index in [9.17, 15) is 0 Å². The van der Waals surface area contributed by atoms with Gasteiger partial charge in [-0.2, -0.15) is 10.1 Å². The monoisotopic (exact) mass is 1490 g/mol. The summed E-state index contributed by atoms with van der Waals surface area (Å²) >= 11 is 0. The minimum atomic E-state index is 0.443. The molecule has 0 amide bonds. The third-order valence-corrected chi connectivity index (χ3v) is 16.3. The van der Waals surface area contributed by atoms with Crippen LogP contribution in [-0.2, 0) is 0 Å². The topological polar surface area (TPSA) is 290 Å². The molecule has 17 heterocycles. The van der Waals surface area contributed by atoms with Crippen molar-refractivity contribution >= 4 is 17.5 Å². The zero-order valence-electron chi connectivity index (χ0n) is 62.4. The Morgan fingerprint density at radius 3 is 1.19 bits per heavy atom. The highest BCUT2D eigenvalue weighted by Crippen LogP contribution is 2.21. The Morgan fingerprint density at radius 1 is 0.272 bits per heavy atom. The van der Waals surface area contributed by atoms with Crippen LogP contribution >= 0.6 is 0 Å². The van der Waals surface area contributed by atoms with Crippen molar-refractivity contribution in [1.29, 1.82) is 0 Å². The van der Waals surface area contributed by atoms with E-state index in [1.54, 1.807) is 149 Å². The molecule has 0 aliphatic carbocycles. The van der Waals surface area contributed by atoms with Gasteiger partial charge in [0.2, 0.25) is 29.2 Å². The molecule has 0 unspecified atom stereocenters. The summed E-state index contributed by atoms with van der Waals surface area (Å²) in [7, 11) is 1.57. The predicted molar refractivity (Wildman–Crippen MR) is 433 cm³/mol. The predicted octanol–water partition coefficient (Wildman–Crippen LogP) is 11.3. The summed E-state index contributed by atoms with van der Waals surface area (Å²) in [5.74, 6) is 40.9. The van der Waals surface area contributed by atoms with E-state index in [0.717, 1.165) is 107 Å². The normalized spacial score (nSPS) is 11.8. The largest absolute Gasteiger partial charge is 0.481 e. The number of methoxy groups -OCH3 is 1. The molecule has 0 spiro atoms. The van der Waals surface area contributed by atoms with Gasteiger partial charge in [-0.1, -0.05) is 29.7 Å². The van der Waals surface area contributed by atoms with Gasteiger partial charge in [0.25, 0.3) is 0 Å². The number of anilines is 3. The second-order valence-electron chi connectivity index (χ2n) is 24.5. The molecule has 25 heteroatoms. The molecule has 554 valence electrons. The van der Waals surface area contributed by atoms with Crippen LogP contribution in [0.2, 0.25) is 0 Å². The number of rotatable bonds is 6. The third kappa shape index (κ3) is 26.0. The van der Waals surface area contributed by atoms with E-state index in [4.69, 9.17) is 4.74 Å². The van der Waals surface area contributed by atoms with Crippen LogP contribution in [-0.4, -0.2) is 151 Å². The Balaban J connectivity index is 0.000000127. The summed E-state index contributed by atoms with van der Waals surface area (Å²) in [6.07, 6.45) is 43.2. The van der Waals surface area contributed by atoms with Crippen LogP contribution in [0.15, 0.2) is 258 Å². The van der Waals surface area contributed by atoms with Gasteiger partial charge in [-0.05, 0) is 208 Å². The van der Waals surface area contributed by atoms with Crippen molar-refractivity contribution in [3.05, 3.63) is 332 Å². The van der Waals surface area contributed by atoms with Crippen molar-refractivity contribution in [3.8, 4) is 99.4 Å². The average molecular weight is 1490 g/mol. The summed E-state index contributed by atoms with van der Waals surface area (Å²) in [5, 5.41) is 7.87. The van der Waals surface area contributed by atoms with Crippen LogP contribution in [0.25, 0.3) is 22.5 Å². The lowest BCUT2D eigenvalue weighted by Crippen LogP contribution is -2.18. The fourth-order valence-electron chi connectivity index (χ4n) is 10.7. The molecule has 0 aromatic carbocycles. The first-order chi connectivity index (χ1) is 56.4. The van der Waals surface area contributed by atoms with Crippen molar-refractivity contribution in [2.45, 2.75) is 45.4 Å². The van der Waals surface area contributed by atoms with E-state index in [-0.39, 0.29) is 0 Å². The van der Waals surface area contributed by atoms with E-state index < -0.39 is 0 Å². The molecule has 3 aliphatic heterocycles. The Bertz CT molecular complexity index is 5460. The number of nitrogens with zero attached hydrogens (tertiary/aromatic N) is 24. The lowest BCUT2D eigenvalue weighted by molar-refractivity contribution is 0.396. The highest BCUT2D eigenvalue weighted by atomic mass is 16.5. The Hall–Kier alpha value is -15.8. The molecular formula is C89H72N24O. The van der Waals surface area contributed by atoms with Gasteiger partial charge in [-0.3, -0.25) is 24.9 Å². The summed E-state index contributed by atoms with van der Waals surface area (Å²) in [6.45, 7) is 8.51. The minimum absolute atomic E-state index is 0.443. The van der Waals surface area contributed by atoms with Crippen LogP contribution in [0.3, 0.4) is 0 Å². The molecule has 3 fully saturated rings. The highest BCUT2D eigenvalue weighted by Gasteiger charge is 2.15. The maximum Gasteiger partial charge on any atom is 0.217 e. The average Bonchev–Trinajstić information content (AvgIpc) is 1.84. The van der Waals surface area contributed by atoms with Gasteiger partial charge in [0.1, 0.15) is 40.2 Å². The summed E-state index contributed by atoms with van der Waals surface area (Å²) in [4.78, 5) is 86.1. The standard InChI is InChI=1S/C16H16N4O.C16H10N4.C15H9N5.2C15H14N4.C12H9N3/c1-21-16-8-9-17-14(19-16)6-4-13-5-7-15(18-12-13)20-10-2-3-11-20;1-5-14(7-8-16-18-10-3-11-19-16)20-15(6-1)13-4-2-9-17-12-13;1-3-12(9-16-6-1)14-11-17-10-13(20-14)4-5-15-18-7-2-8-19-15;1-2-11-19(10-1)15-7-5-13(12-18-15)4-6-14-16-8-3-9-17-14;1-2-10-19(9-1)15-6-4-13(11-18-15)3-5-14-12-16-7-8-17-14;1-10-4-6-12(15-14-10)7-5-11-3-2-8-13-9-11/h5,7-9,12H,2-3,10-11H2,1H3;1-6,9-12H;1-3,6-11H;3,5,7-9,12H,1-2,10-11H2;4,6-8,11-12H,1-2,9-10H2;2-4,6,8-9H,1H3. The lowest BCUT2D eigenvalue weighted by Gasteiger charge is -2.15. The minimum Gasteiger partial charge on any atom is -0.481 e. The molecule has 114 heavy (non-hydrogen) atoms. The zero-order valence-corrected chi connectivity index (χ0v) is 62.4. The second-order valence-corrected chi connectivity index (χ2v) is 24.5. The van der Waals surface area contributed by atoms with Crippen molar-refractivity contribution in [3.63, 3.8) is 0 Å². The molecule has 0 radical (unpaired) electrons. The Morgan fingerprint density at radius 2 is 0.719 bits per heavy atom. The van der Waals surface area contributed by atoms with E-state index in [1.807, 2.05) is 122 Å². The smallest absolute Gasteiger partial charge is 0.217 e. The molecule has 14 aromatic rings. The van der Waals surface area contributed by atoms with Gasteiger partial charge in [-0.15, -0.1) is 5.10 Å². The number of hydrogen-bond acceptors (Lipinski definition) is 25. The first-order valence-corrected chi connectivity index (χ1v) is 36.4. The van der Waals surface area contributed by atoms with Crippen LogP contribution in [0.1, 0.15) is 113 Å². The Kier molecular flexibility index (Phi) is 29.5. The molecule has 25 nitrogen and oxygen atoms in total. The first kappa shape index (κ1) is 77.8. The second kappa shape index (κ2) is 43.2.